The van der Waals surface area contributed by atoms with Crippen molar-refractivity contribution in [3.05, 3.63) is 30.0 Å². The van der Waals surface area contributed by atoms with Crippen LogP contribution in [0.3, 0.4) is 0 Å². The fourth-order valence-corrected chi connectivity index (χ4v) is 1.39. The molecule has 2 aromatic heterocycles. The molecule has 0 amide bonds. The molecule has 2 aromatic rings. The van der Waals surface area contributed by atoms with Gasteiger partial charge in [0.2, 0.25) is 11.8 Å². The SMILES string of the molecule is COc1nc(N)nc(-c2ccccn2)c1C#N. The molecule has 0 saturated carbocycles. The molecule has 6 heteroatoms. The van der Waals surface area contributed by atoms with Crippen molar-refractivity contribution in [1.82, 2.24) is 15.0 Å². The Balaban J connectivity index is 2.70. The summed E-state index contributed by atoms with van der Waals surface area (Å²) in [5.41, 5.74) is 6.70. The first kappa shape index (κ1) is 10.8. The average Bonchev–Trinajstić information content (AvgIpc) is 2.38. The maximum Gasteiger partial charge on any atom is 0.237 e. The molecule has 0 bridgehead atoms. The zero-order chi connectivity index (χ0) is 12.3. The summed E-state index contributed by atoms with van der Waals surface area (Å²) in [4.78, 5) is 12.0. The molecule has 84 valence electrons. The molecule has 0 spiro atoms. The first-order valence-electron chi connectivity index (χ1n) is 4.79. The van der Waals surface area contributed by atoms with Gasteiger partial charge in [0, 0.05) is 6.20 Å². The minimum Gasteiger partial charge on any atom is -0.480 e. The molecule has 2 rings (SSSR count). The number of nitrogens with two attached hydrogens (primary N) is 1. The number of pyridine rings is 1. The first-order valence-corrected chi connectivity index (χ1v) is 4.79. The lowest BCUT2D eigenvalue weighted by Crippen LogP contribution is -2.03. The van der Waals surface area contributed by atoms with E-state index in [-0.39, 0.29) is 17.4 Å². The first-order chi connectivity index (χ1) is 8.26. The van der Waals surface area contributed by atoms with E-state index in [0.29, 0.717) is 11.4 Å². The Kier molecular flexibility index (Phi) is 2.83. The highest BCUT2D eigenvalue weighted by atomic mass is 16.5. The smallest absolute Gasteiger partial charge is 0.237 e. The molecule has 6 nitrogen and oxygen atoms in total. The molecule has 2 N–H and O–H groups in total. The fraction of sp³-hybridized carbons (Fsp3) is 0.0909. The van der Waals surface area contributed by atoms with Gasteiger partial charge in [-0.2, -0.15) is 10.2 Å². The van der Waals surface area contributed by atoms with Crippen LogP contribution >= 0.6 is 0 Å². The van der Waals surface area contributed by atoms with Gasteiger partial charge in [0.15, 0.2) is 0 Å². The Morgan fingerprint density at radius 3 is 2.76 bits per heavy atom. The topological polar surface area (TPSA) is 97.7 Å². The Hall–Kier alpha value is -2.68. The van der Waals surface area contributed by atoms with Crippen molar-refractivity contribution in [2.45, 2.75) is 0 Å². The van der Waals surface area contributed by atoms with Gasteiger partial charge in [0.25, 0.3) is 0 Å². The van der Waals surface area contributed by atoms with Crippen molar-refractivity contribution in [3.8, 4) is 23.3 Å². The van der Waals surface area contributed by atoms with E-state index in [1.165, 1.54) is 7.11 Å². The number of hydrogen-bond acceptors (Lipinski definition) is 6. The molecular weight excluding hydrogens is 218 g/mol. The van der Waals surface area contributed by atoms with Crippen LogP contribution in [0.15, 0.2) is 24.4 Å². The van der Waals surface area contributed by atoms with Crippen LogP contribution < -0.4 is 10.5 Å². The number of rotatable bonds is 2. The van der Waals surface area contributed by atoms with Crippen LogP contribution in [0.4, 0.5) is 5.95 Å². The van der Waals surface area contributed by atoms with Crippen molar-refractivity contribution in [1.29, 1.82) is 5.26 Å². The Morgan fingerprint density at radius 1 is 1.35 bits per heavy atom. The monoisotopic (exact) mass is 227 g/mol. The molecule has 0 aliphatic carbocycles. The number of ether oxygens (including phenoxy) is 1. The number of nitriles is 1. The second-order valence-electron chi connectivity index (χ2n) is 3.14. The number of aromatic nitrogens is 3. The van der Waals surface area contributed by atoms with Gasteiger partial charge >= 0.3 is 0 Å². The van der Waals surface area contributed by atoms with Gasteiger partial charge in [0.1, 0.15) is 17.3 Å². The van der Waals surface area contributed by atoms with Gasteiger partial charge in [-0.15, -0.1) is 0 Å². The quantitative estimate of drug-likeness (QED) is 0.821. The molecule has 0 saturated heterocycles. The molecule has 17 heavy (non-hydrogen) atoms. The second kappa shape index (κ2) is 4.45. The van der Waals surface area contributed by atoms with Crippen LogP contribution in [0.5, 0.6) is 5.88 Å². The van der Waals surface area contributed by atoms with E-state index in [0.717, 1.165) is 0 Å². The largest absolute Gasteiger partial charge is 0.480 e. The number of methoxy groups -OCH3 is 1. The summed E-state index contributed by atoms with van der Waals surface area (Å²) in [5.74, 6) is 0.196. The summed E-state index contributed by atoms with van der Waals surface area (Å²) < 4.78 is 5.00. The van der Waals surface area contributed by atoms with Crippen LogP contribution in [0, 0.1) is 11.3 Å². The summed E-state index contributed by atoms with van der Waals surface area (Å²) in [7, 11) is 1.42. The van der Waals surface area contributed by atoms with Gasteiger partial charge in [0.05, 0.1) is 12.8 Å². The predicted octanol–water partition coefficient (Wildman–Crippen LogP) is 1.00. The molecule has 0 unspecified atom stereocenters. The van der Waals surface area contributed by atoms with E-state index in [9.17, 15) is 0 Å². The normalized spacial score (nSPS) is 9.65. The Bertz CT molecular complexity index is 576. The highest BCUT2D eigenvalue weighted by Crippen LogP contribution is 2.26. The lowest BCUT2D eigenvalue weighted by Gasteiger charge is -2.07. The number of hydrogen-bond donors (Lipinski definition) is 1. The summed E-state index contributed by atoms with van der Waals surface area (Å²) in [6.45, 7) is 0. The third-order valence-corrected chi connectivity index (χ3v) is 2.11. The highest BCUT2D eigenvalue weighted by molar-refractivity contribution is 5.66. The maximum absolute atomic E-state index is 9.10. The maximum atomic E-state index is 9.10. The van der Waals surface area contributed by atoms with E-state index in [2.05, 4.69) is 15.0 Å². The molecular formula is C11H9N5O. The fourth-order valence-electron chi connectivity index (χ4n) is 1.39. The summed E-state index contributed by atoms with van der Waals surface area (Å²) in [5, 5.41) is 9.10. The number of nitrogen functional groups attached to an aromatic ring is 1. The van der Waals surface area contributed by atoms with E-state index in [4.69, 9.17) is 15.7 Å². The van der Waals surface area contributed by atoms with Crippen LogP contribution in [-0.2, 0) is 0 Å². The molecule has 2 heterocycles. The van der Waals surface area contributed by atoms with E-state index in [1.807, 2.05) is 6.07 Å². The molecule has 0 aromatic carbocycles. The van der Waals surface area contributed by atoms with Crippen molar-refractivity contribution in [3.63, 3.8) is 0 Å². The van der Waals surface area contributed by atoms with Gasteiger partial charge in [-0.1, -0.05) is 6.07 Å². The highest BCUT2D eigenvalue weighted by Gasteiger charge is 2.16. The van der Waals surface area contributed by atoms with Crippen LogP contribution in [0.25, 0.3) is 11.4 Å². The van der Waals surface area contributed by atoms with E-state index >= 15 is 0 Å². The zero-order valence-electron chi connectivity index (χ0n) is 9.08. The van der Waals surface area contributed by atoms with Crippen LogP contribution in [-0.4, -0.2) is 22.1 Å². The summed E-state index contributed by atoms with van der Waals surface area (Å²) >= 11 is 0. The third kappa shape index (κ3) is 1.99. The van der Waals surface area contributed by atoms with E-state index in [1.54, 1.807) is 24.4 Å². The van der Waals surface area contributed by atoms with Crippen molar-refractivity contribution in [2.75, 3.05) is 12.8 Å². The minimum atomic E-state index is 0.0431. The van der Waals surface area contributed by atoms with Crippen molar-refractivity contribution < 1.29 is 4.74 Å². The van der Waals surface area contributed by atoms with Crippen molar-refractivity contribution in [2.24, 2.45) is 0 Å². The van der Waals surface area contributed by atoms with Crippen LogP contribution in [0.2, 0.25) is 0 Å². The number of nitrogens with zero attached hydrogens (tertiary/aromatic N) is 4. The van der Waals surface area contributed by atoms with Crippen molar-refractivity contribution >= 4 is 5.95 Å². The second-order valence-corrected chi connectivity index (χ2v) is 3.14. The summed E-state index contributed by atoms with van der Waals surface area (Å²) in [6.07, 6.45) is 1.61. The molecule has 0 fully saturated rings. The predicted molar refractivity (Wildman–Crippen MR) is 60.9 cm³/mol. The molecule has 0 aliphatic rings. The third-order valence-electron chi connectivity index (χ3n) is 2.11. The van der Waals surface area contributed by atoms with E-state index < -0.39 is 0 Å². The standard InChI is InChI=1S/C11H9N5O/c1-17-10-7(6-12)9(15-11(13)16-10)8-4-2-3-5-14-8/h2-5H,1H3,(H2,13,15,16). The zero-order valence-corrected chi connectivity index (χ0v) is 9.08. The average molecular weight is 227 g/mol. The van der Waals surface area contributed by atoms with Gasteiger partial charge in [-0.3, -0.25) is 4.98 Å². The summed E-state index contributed by atoms with van der Waals surface area (Å²) in [6, 6.07) is 7.31. The van der Waals surface area contributed by atoms with Gasteiger partial charge < -0.3 is 10.5 Å². The van der Waals surface area contributed by atoms with Gasteiger partial charge in [-0.05, 0) is 12.1 Å². The lowest BCUT2D eigenvalue weighted by molar-refractivity contribution is 0.396. The Morgan fingerprint density at radius 2 is 2.18 bits per heavy atom. The number of anilines is 1. The van der Waals surface area contributed by atoms with Gasteiger partial charge in [-0.25, -0.2) is 4.98 Å². The molecule has 0 aliphatic heterocycles. The Labute approximate surface area is 97.7 Å². The lowest BCUT2D eigenvalue weighted by atomic mass is 10.1. The minimum absolute atomic E-state index is 0.0431. The molecule has 0 radical (unpaired) electrons. The molecule has 0 atom stereocenters. The van der Waals surface area contributed by atoms with Crippen LogP contribution in [0.1, 0.15) is 5.56 Å².